The highest BCUT2D eigenvalue weighted by Gasteiger charge is 2.22. The summed E-state index contributed by atoms with van der Waals surface area (Å²) < 4.78 is 9.07. The minimum Gasteiger partial charge on any atom is -0.397 e. The molecule has 12 heavy (non-hydrogen) atoms. The molecule has 0 amide bonds. The van der Waals surface area contributed by atoms with Crippen molar-refractivity contribution in [2.24, 2.45) is 9.32 Å². The number of nitrogen functional groups attached to an aromatic ring is 1. The van der Waals surface area contributed by atoms with E-state index in [4.69, 9.17) is 5.73 Å². The molecule has 0 radical (unpaired) electrons. The zero-order valence-corrected chi connectivity index (χ0v) is 8.20. The van der Waals surface area contributed by atoms with E-state index in [1.165, 1.54) is 0 Å². The number of benzene rings is 1. The van der Waals surface area contributed by atoms with Gasteiger partial charge in [0, 0.05) is 0 Å². The first-order chi connectivity index (χ1) is 5.58. The highest BCUT2D eigenvalue weighted by Crippen LogP contribution is 2.06. The van der Waals surface area contributed by atoms with Crippen LogP contribution in [0.5, 0.6) is 0 Å². The maximum Gasteiger partial charge on any atom is 0.298 e. The fourth-order valence-corrected chi connectivity index (χ4v) is 2.96. The molecule has 1 aromatic carbocycles. The molecule has 1 aromatic rings. The van der Waals surface area contributed by atoms with Crippen LogP contribution in [0.1, 0.15) is 0 Å². The lowest BCUT2D eigenvalue weighted by molar-refractivity contribution is 1.37. The molecule has 0 saturated heterocycles. The van der Waals surface area contributed by atoms with E-state index < -0.39 is 8.40 Å². The van der Waals surface area contributed by atoms with Crippen molar-refractivity contribution in [3.8, 4) is 0 Å². The lowest BCUT2D eigenvalue weighted by atomic mass is 10.3. The first-order valence-corrected chi connectivity index (χ1v) is 6.82. The Morgan fingerprint density at radius 3 is 2.67 bits per heavy atom. The molecule has 2 rings (SSSR count). The highest BCUT2D eigenvalue weighted by molar-refractivity contribution is 6.74. The second kappa shape index (κ2) is 2.16. The third kappa shape index (κ3) is 1.04. The Labute approximate surface area is 71.8 Å². The van der Waals surface area contributed by atoms with Gasteiger partial charge in [0.1, 0.15) is 0 Å². The molecule has 0 unspecified atom stereocenters. The van der Waals surface area contributed by atoms with E-state index in [1.807, 2.05) is 18.2 Å². The van der Waals surface area contributed by atoms with Crippen LogP contribution in [-0.4, -0.2) is 8.40 Å². The van der Waals surface area contributed by atoms with Gasteiger partial charge in [-0.3, -0.25) is 9.32 Å². The van der Waals surface area contributed by atoms with E-state index in [0.717, 1.165) is 16.4 Å². The van der Waals surface area contributed by atoms with Gasteiger partial charge in [0.25, 0.3) is 8.40 Å². The topological polar surface area (TPSA) is 50.7 Å². The summed E-state index contributed by atoms with van der Waals surface area (Å²) in [6.07, 6.45) is 0. The summed E-state index contributed by atoms with van der Waals surface area (Å²) in [5, 5.41) is 1.86. The zero-order chi connectivity index (χ0) is 8.77. The highest BCUT2D eigenvalue weighted by atomic mass is 28.3. The van der Waals surface area contributed by atoms with Crippen LogP contribution in [0.25, 0.3) is 0 Å². The quantitative estimate of drug-likeness (QED) is 0.447. The predicted octanol–water partition coefficient (Wildman–Crippen LogP) is 0.223. The number of nitrogens with zero attached hydrogens (tertiary/aromatic N) is 2. The lowest BCUT2D eigenvalue weighted by Gasteiger charge is -2.02. The van der Waals surface area contributed by atoms with Crippen LogP contribution in [0, 0.1) is 0 Å². The van der Waals surface area contributed by atoms with E-state index in [9.17, 15) is 0 Å². The molecule has 0 spiro atoms. The average Bonchev–Trinajstić information content (AvgIpc) is 2.25. The van der Waals surface area contributed by atoms with Crippen LogP contribution < -0.4 is 16.4 Å². The first-order valence-electron chi connectivity index (χ1n) is 3.93. The number of hydrogen-bond donors (Lipinski definition) is 1. The summed E-state index contributed by atoms with van der Waals surface area (Å²) in [5.41, 5.74) is 6.51. The van der Waals surface area contributed by atoms with E-state index in [2.05, 4.69) is 22.4 Å². The average molecular weight is 177 g/mol. The molecule has 4 heteroatoms. The summed E-state index contributed by atoms with van der Waals surface area (Å²) in [6, 6.07) is 5.76. The predicted molar refractivity (Wildman–Crippen MR) is 50.6 cm³/mol. The molecule has 0 fully saturated rings. The molecule has 0 aromatic heterocycles. The van der Waals surface area contributed by atoms with Crippen LogP contribution in [-0.2, 0) is 0 Å². The van der Waals surface area contributed by atoms with Crippen molar-refractivity contribution in [3.05, 3.63) is 28.9 Å². The number of nitrogens with two attached hydrogens (primary N) is 1. The minimum absolute atomic E-state index is 0.745. The smallest absolute Gasteiger partial charge is 0.298 e. The number of anilines is 1. The van der Waals surface area contributed by atoms with Crippen molar-refractivity contribution < 1.29 is 0 Å². The van der Waals surface area contributed by atoms with E-state index >= 15 is 0 Å². The lowest BCUT2D eigenvalue weighted by Crippen LogP contribution is -2.24. The molecule has 0 aliphatic carbocycles. The van der Waals surface area contributed by atoms with Gasteiger partial charge in [-0.25, -0.2) is 0 Å². The fourth-order valence-electron chi connectivity index (χ4n) is 1.35. The SMILES string of the molecule is C[Si]1(C)N=c2cccc(N)c2=N1. The van der Waals surface area contributed by atoms with Crippen LogP contribution >= 0.6 is 0 Å². The van der Waals surface area contributed by atoms with E-state index in [0.29, 0.717) is 0 Å². The van der Waals surface area contributed by atoms with Crippen LogP contribution in [0.4, 0.5) is 5.69 Å². The molecule has 0 bridgehead atoms. The normalized spacial score (nSPS) is 17.8. The van der Waals surface area contributed by atoms with Crippen LogP contribution in [0.3, 0.4) is 0 Å². The van der Waals surface area contributed by atoms with Gasteiger partial charge in [0.05, 0.1) is 16.4 Å². The van der Waals surface area contributed by atoms with Crippen molar-refractivity contribution in [2.45, 2.75) is 13.1 Å². The summed E-state index contributed by atoms with van der Waals surface area (Å²) in [5.74, 6) is 0. The first kappa shape index (κ1) is 7.48. The molecular formula is C8H11N3Si. The van der Waals surface area contributed by atoms with Gasteiger partial charge in [-0.1, -0.05) is 6.07 Å². The third-order valence-corrected chi connectivity index (χ3v) is 3.38. The fraction of sp³-hybridized carbons (Fsp3) is 0.250. The Balaban J connectivity index is 2.86. The van der Waals surface area contributed by atoms with Crippen molar-refractivity contribution >= 4 is 14.1 Å². The summed E-state index contributed by atoms with van der Waals surface area (Å²) >= 11 is 0. The van der Waals surface area contributed by atoms with Crippen molar-refractivity contribution in [2.75, 3.05) is 5.73 Å². The summed E-state index contributed by atoms with van der Waals surface area (Å²) in [7, 11) is -1.71. The summed E-state index contributed by atoms with van der Waals surface area (Å²) in [4.78, 5) is 0. The van der Waals surface area contributed by atoms with Gasteiger partial charge < -0.3 is 5.73 Å². The molecular weight excluding hydrogens is 166 g/mol. The van der Waals surface area contributed by atoms with Crippen molar-refractivity contribution in [1.82, 2.24) is 0 Å². The van der Waals surface area contributed by atoms with Gasteiger partial charge in [-0.05, 0) is 25.2 Å². The molecule has 1 heterocycles. The Hall–Kier alpha value is -1.16. The van der Waals surface area contributed by atoms with Gasteiger partial charge in [-0.2, -0.15) is 0 Å². The molecule has 0 saturated carbocycles. The van der Waals surface area contributed by atoms with Gasteiger partial charge >= 0.3 is 0 Å². The Morgan fingerprint density at radius 1 is 1.25 bits per heavy atom. The molecule has 62 valence electrons. The van der Waals surface area contributed by atoms with Crippen LogP contribution in [0.2, 0.25) is 13.1 Å². The Morgan fingerprint density at radius 2 is 2.00 bits per heavy atom. The minimum atomic E-state index is -1.71. The Kier molecular flexibility index (Phi) is 1.35. The second-order valence-electron chi connectivity index (χ2n) is 3.43. The maximum atomic E-state index is 5.76. The zero-order valence-electron chi connectivity index (χ0n) is 7.20. The maximum absolute atomic E-state index is 5.76. The Bertz CT molecular complexity index is 436. The van der Waals surface area contributed by atoms with Gasteiger partial charge in [0.15, 0.2) is 0 Å². The van der Waals surface area contributed by atoms with Crippen molar-refractivity contribution in [3.63, 3.8) is 0 Å². The largest absolute Gasteiger partial charge is 0.397 e. The molecule has 1 aliphatic heterocycles. The number of rotatable bonds is 0. The number of fused-ring (bicyclic) bond motifs is 1. The number of hydrogen-bond acceptors (Lipinski definition) is 3. The van der Waals surface area contributed by atoms with E-state index in [1.54, 1.807) is 0 Å². The molecule has 2 N–H and O–H groups in total. The van der Waals surface area contributed by atoms with Crippen LogP contribution in [0.15, 0.2) is 27.5 Å². The van der Waals surface area contributed by atoms with E-state index in [-0.39, 0.29) is 0 Å². The summed E-state index contributed by atoms with van der Waals surface area (Å²) in [6.45, 7) is 4.21. The standard InChI is InChI=1S/C8H11N3Si/c1-12(2)10-7-5-3-4-6(9)8(7)11-12/h3-5H,9H2,1-2H3. The van der Waals surface area contributed by atoms with Crippen molar-refractivity contribution in [1.29, 1.82) is 0 Å². The molecule has 1 aliphatic rings. The molecule has 0 atom stereocenters. The second-order valence-corrected chi connectivity index (χ2v) is 6.87. The monoisotopic (exact) mass is 177 g/mol. The van der Waals surface area contributed by atoms with Gasteiger partial charge in [-0.15, -0.1) is 0 Å². The van der Waals surface area contributed by atoms with Gasteiger partial charge in [0.2, 0.25) is 0 Å². The third-order valence-electron chi connectivity index (χ3n) is 1.83. The molecule has 3 nitrogen and oxygen atoms in total.